The molecule has 6 nitrogen and oxygen atoms in total. The summed E-state index contributed by atoms with van der Waals surface area (Å²) >= 11 is 0. The van der Waals surface area contributed by atoms with Crippen molar-refractivity contribution in [3.63, 3.8) is 0 Å². The van der Waals surface area contributed by atoms with E-state index in [1.165, 1.54) is 31.4 Å². The van der Waals surface area contributed by atoms with Crippen molar-refractivity contribution in [2.24, 2.45) is 0 Å². The summed E-state index contributed by atoms with van der Waals surface area (Å²) in [6, 6.07) is 16.5. The van der Waals surface area contributed by atoms with Crippen molar-refractivity contribution >= 4 is 16.8 Å². The monoisotopic (exact) mass is 482 g/mol. The second-order valence-electron chi connectivity index (χ2n) is 7.82. The van der Waals surface area contributed by atoms with Crippen molar-refractivity contribution in [3.05, 3.63) is 89.5 Å². The predicted molar refractivity (Wildman–Crippen MR) is 124 cm³/mol. The molecule has 0 spiro atoms. The number of aliphatic hydroxyl groups excluding tert-OH is 1. The predicted octanol–water partition coefficient (Wildman–Crippen LogP) is 5.10. The van der Waals surface area contributed by atoms with Crippen LogP contribution in [0.4, 0.5) is 13.2 Å². The highest BCUT2D eigenvalue weighted by atomic mass is 19.4. The molecule has 0 aliphatic heterocycles. The first-order valence-electron chi connectivity index (χ1n) is 10.6. The normalized spacial score (nSPS) is 12.4. The molecule has 4 aromatic rings. The van der Waals surface area contributed by atoms with Gasteiger partial charge in [0.1, 0.15) is 11.5 Å². The summed E-state index contributed by atoms with van der Waals surface area (Å²) in [5.74, 6) is 0.0593. The first-order valence-corrected chi connectivity index (χ1v) is 10.6. The molecular weight excluding hydrogens is 461 g/mol. The van der Waals surface area contributed by atoms with Crippen LogP contribution in [-0.2, 0) is 6.18 Å². The number of nitrogens with one attached hydrogen (secondary N) is 1. The zero-order chi connectivity index (χ0) is 25.2. The Bertz CT molecular complexity index is 1350. The standard InChI is InChI=1S/C26H21F3N2O4/c1-35-24-13-21(15-2-7-18(8-3-15)26(27,28)29)30-22-12-17(6-11-20(22)24)25(34)31-23(14-32)16-4-9-19(33)10-5-16/h2-13,23,32-33H,14H2,1H3,(H,31,34). The summed E-state index contributed by atoms with van der Waals surface area (Å²) in [6.45, 7) is -0.353. The van der Waals surface area contributed by atoms with E-state index >= 15 is 0 Å². The third kappa shape index (κ3) is 5.20. The third-order valence-corrected chi connectivity index (χ3v) is 5.55. The summed E-state index contributed by atoms with van der Waals surface area (Å²) < 4.78 is 44.2. The topological polar surface area (TPSA) is 91.7 Å². The zero-order valence-electron chi connectivity index (χ0n) is 18.5. The molecule has 1 amide bonds. The largest absolute Gasteiger partial charge is 0.508 e. The minimum Gasteiger partial charge on any atom is -0.508 e. The molecule has 0 bridgehead atoms. The quantitative estimate of drug-likeness (QED) is 0.356. The van der Waals surface area contributed by atoms with Gasteiger partial charge in [-0.1, -0.05) is 24.3 Å². The minimum absolute atomic E-state index is 0.0650. The van der Waals surface area contributed by atoms with Gasteiger partial charge in [-0.25, -0.2) is 4.98 Å². The Labute approximate surface area is 198 Å². The van der Waals surface area contributed by atoms with Crippen LogP contribution in [0.1, 0.15) is 27.5 Å². The molecule has 0 saturated heterocycles. The average Bonchev–Trinajstić information content (AvgIpc) is 2.86. The molecule has 3 N–H and O–H groups in total. The molecule has 1 atom stereocenters. The van der Waals surface area contributed by atoms with Gasteiger partial charge in [-0.05, 0) is 48.0 Å². The lowest BCUT2D eigenvalue weighted by Gasteiger charge is -2.17. The lowest BCUT2D eigenvalue weighted by Crippen LogP contribution is -2.30. The van der Waals surface area contributed by atoms with Gasteiger partial charge in [0, 0.05) is 22.6 Å². The average molecular weight is 482 g/mol. The Kier molecular flexibility index (Phi) is 6.61. The lowest BCUT2D eigenvalue weighted by atomic mass is 10.0. The van der Waals surface area contributed by atoms with E-state index in [4.69, 9.17) is 4.74 Å². The van der Waals surface area contributed by atoms with Crippen LogP contribution >= 0.6 is 0 Å². The van der Waals surface area contributed by atoms with Gasteiger partial charge in [0.2, 0.25) is 0 Å². The molecule has 3 aromatic carbocycles. The number of rotatable bonds is 6. The van der Waals surface area contributed by atoms with Crippen molar-refractivity contribution < 1.29 is 32.9 Å². The number of carbonyl (C=O) groups is 1. The zero-order valence-corrected chi connectivity index (χ0v) is 18.5. The van der Waals surface area contributed by atoms with Crippen molar-refractivity contribution in [2.45, 2.75) is 12.2 Å². The second kappa shape index (κ2) is 9.63. The number of hydrogen-bond donors (Lipinski definition) is 3. The van der Waals surface area contributed by atoms with Gasteiger partial charge in [0.15, 0.2) is 0 Å². The Morgan fingerprint density at radius 3 is 2.31 bits per heavy atom. The van der Waals surface area contributed by atoms with Crippen LogP contribution in [0.15, 0.2) is 72.8 Å². The van der Waals surface area contributed by atoms with Gasteiger partial charge < -0.3 is 20.3 Å². The molecule has 1 heterocycles. The van der Waals surface area contributed by atoms with Crippen LogP contribution in [0.5, 0.6) is 11.5 Å². The van der Waals surface area contributed by atoms with Crippen LogP contribution in [0.2, 0.25) is 0 Å². The van der Waals surface area contributed by atoms with Crippen molar-refractivity contribution in [2.75, 3.05) is 13.7 Å². The highest BCUT2D eigenvalue weighted by molar-refractivity contribution is 5.99. The molecule has 0 radical (unpaired) electrons. The van der Waals surface area contributed by atoms with Crippen molar-refractivity contribution in [1.29, 1.82) is 0 Å². The number of alkyl halides is 3. The number of amides is 1. The van der Waals surface area contributed by atoms with Gasteiger partial charge in [-0.2, -0.15) is 13.2 Å². The van der Waals surface area contributed by atoms with Gasteiger partial charge in [-0.15, -0.1) is 0 Å². The van der Waals surface area contributed by atoms with E-state index in [-0.39, 0.29) is 17.9 Å². The number of fused-ring (bicyclic) bond motifs is 1. The molecule has 0 fully saturated rings. The smallest absolute Gasteiger partial charge is 0.416 e. The fourth-order valence-electron chi connectivity index (χ4n) is 3.67. The number of aliphatic hydroxyl groups is 1. The summed E-state index contributed by atoms with van der Waals surface area (Å²) in [5.41, 5.74) is 1.38. The van der Waals surface area contributed by atoms with Gasteiger partial charge in [0.05, 0.1) is 36.5 Å². The number of methoxy groups -OCH3 is 1. The van der Waals surface area contributed by atoms with Gasteiger partial charge >= 0.3 is 6.18 Å². The van der Waals surface area contributed by atoms with E-state index in [0.29, 0.717) is 33.5 Å². The van der Waals surface area contributed by atoms with Gasteiger partial charge in [0.25, 0.3) is 5.91 Å². The highest BCUT2D eigenvalue weighted by Gasteiger charge is 2.30. The maximum absolute atomic E-state index is 12.9. The number of carbonyl (C=O) groups excluding carboxylic acids is 1. The number of halogens is 3. The number of aromatic hydroxyl groups is 1. The Morgan fingerprint density at radius 2 is 1.71 bits per heavy atom. The summed E-state index contributed by atoms with van der Waals surface area (Å²) in [6.07, 6.45) is -4.44. The number of hydrogen-bond acceptors (Lipinski definition) is 5. The molecule has 1 aromatic heterocycles. The van der Waals surface area contributed by atoms with Crippen molar-refractivity contribution in [3.8, 4) is 22.8 Å². The Morgan fingerprint density at radius 1 is 1.03 bits per heavy atom. The van der Waals surface area contributed by atoms with Gasteiger partial charge in [-0.3, -0.25) is 4.79 Å². The van der Waals surface area contributed by atoms with E-state index in [0.717, 1.165) is 12.1 Å². The maximum Gasteiger partial charge on any atom is 0.416 e. The number of ether oxygens (including phenoxy) is 1. The molecule has 35 heavy (non-hydrogen) atoms. The Balaban J connectivity index is 1.66. The second-order valence-corrected chi connectivity index (χ2v) is 7.82. The number of phenolic OH excluding ortho intramolecular Hbond substituents is 1. The molecule has 4 rings (SSSR count). The fourth-order valence-corrected chi connectivity index (χ4v) is 3.67. The molecule has 180 valence electrons. The van der Waals surface area contributed by atoms with Crippen LogP contribution < -0.4 is 10.1 Å². The van der Waals surface area contributed by atoms with Crippen LogP contribution in [-0.4, -0.2) is 34.8 Å². The number of benzene rings is 3. The summed E-state index contributed by atoms with van der Waals surface area (Å²) in [4.78, 5) is 17.4. The van der Waals surface area contributed by atoms with Crippen LogP contribution in [0.3, 0.4) is 0 Å². The number of nitrogens with zero attached hydrogens (tertiary/aromatic N) is 1. The van der Waals surface area contributed by atoms with E-state index in [2.05, 4.69) is 10.3 Å². The molecule has 1 unspecified atom stereocenters. The number of aromatic nitrogens is 1. The highest BCUT2D eigenvalue weighted by Crippen LogP contribution is 2.33. The van der Waals surface area contributed by atoms with Crippen molar-refractivity contribution in [1.82, 2.24) is 10.3 Å². The SMILES string of the molecule is COc1cc(-c2ccc(C(F)(F)F)cc2)nc2cc(C(=O)NC(CO)c3ccc(O)cc3)ccc12. The first-order chi connectivity index (χ1) is 16.7. The van der Waals surface area contributed by atoms with E-state index in [1.54, 1.807) is 36.4 Å². The first kappa shape index (κ1) is 24.0. The number of pyridine rings is 1. The van der Waals surface area contributed by atoms with E-state index in [9.17, 15) is 28.2 Å². The fraction of sp³-hybridized carbons (Fsp3) is 0.154. The summed E-state index contributed by atoms with van der Waals surface area (Å²) in [5, 5.41) is 22.6. The summed E-state index contributed by atoms with van der Waals surface area (Å²) in [7, 11) is 1.47. The maximum atomic E-state index is 12.9. The lowest BCUT2D eigenvalue weighted by molar-refractivity contribution is -0.137. The molecule has 0 aliphatic carbocycles. The Hall–Kier alpha value is -4.11. The van der Waals surface area contributed by atoms with Crippen LogP contribution in [0.25, 0.3) is 22.2 Å². The van der Waals surface area contributed by atoms with E-state index in [1.807, 2.05) is 0 Å². The molecule has 0 saturated carbocycles. The number of phenols is 1. The van der Waals surface area contributed by atoms with E-state index < -0.39 is 23.7 Å². The third-order valence-electron chi connectivity index (χ3n) is 5.55. The minimum atomic E-state index is -4.44. The molecule has 0 aliphatic rings. The van der Waals surface area contributed by atoms with Crippen LogP contribution in [0, 0.1) is 0 Å². The molecule has 9 heteroatoms. The molecular formula is C26H21F3N2O4.